The third-order valence-corrected chi connectivity index (χ3v) is 3.18. The first-order valence-corrected chi connectivity index (χ1v) is 7.94. The van der Waals surface area contributed by atoms with Crippen LogP contribution in [0.5, 0.6) is 0 Å². The van der Waals surface area contributed by atoms with Gasteiger partial charge in [0.2, 0.25) is 0 Å². The lowest BCUT2D eigenvalue weighted by Crippen LogP contribution is -2.53. The maximum Gasteiger partial charge on any atom is 0.410 e. The van der Waals surface area contributed by atoms with Gasteiger partial charge in [-0.3, -0.25) is 4.99 Å². The van der Waals surface area contributed by atoms with Crippen molar-refractivity contribution in [3.8, 4) is 0 Å². The molecule has 0 unspecified atom stereocenters. The predicted octanol–water partition coefficient (Wildman–Crippen LogP) is 1.90. The topological polar surface area (TPSA) is 80.4 Å². The van der Waals surface area contributed by atoms with Gasteiger partial charge in [0.15, 0.2) is 5.96 Å². The van der Waals surface area contributed by atoms with Crippen LogP contribution in [0.1, 0.15) is 34.1 Å². The molecule has 0 aliphatic carbocycles. The molecule has 1 aliphatic rings. The lowest BCUT2D eigenvalue weighted by molar-refractivity contribution is 0.0186. The van der Waals surface area contributed by atoms with Crippen LogP contribution in [-0.2, 0) is 9.47 Å². The molecule has 0 saturated carbocycles. The van der Waals surface area contributed by atoms with Gasteiger partial charge < -0.3 is 25.0 Å². The molecule has 1 rings (SSSR count). The summed E-state index contributed by atoms with van der Waals surface area (Å²) in [6.45, 7) is 12.2. The minimum atomic E-state index is -0.463. The van der Waals surface area contributed by atoms with Gasteiger partial charge >= 0.3 is 6.09 Å². The Morgan fingerprint density at radius 3 is 2.26 bits per heavy atom. The Balaban J connectivity index is 0.00000484. The summed E-state index contributed by atoms with van der Waals surface area (Å²) in [5.74, 6) is 0.542. The summed E-state index contributed by atoms with van der Waals surface area (Å²) in [7, 11) is 0. The summed E-state index contributed by atoms with van der Waals surface area (Å²) in [6.07, 6.45) is 0.603. The maximum absolute atomic E-state index is 12.0. The summed E-state index contributed by atoms with van der Waals surface area (Å²) in [5.41, 5.74) is 5.52. The lowest BCUT2D eigenvalue weighted by atomic mass is 10.2. The van der Waals surface area contributed by atoms with Gasteiger partial charge in [-0.05, 0) is 34.1 Å². The van der Waals surface area contributed by atoms with E-state index in [4.69, 9.17) is 15.2 Å². The van der Waals surface area contributed by atoms with Crippen molar-refractivity contribution in [2.45, 2.75) is 39.7 Å². The summed E-state index contributed by atoms with van der Waals surface area (Å²) in [6, 6.07) is 0. The molecule has 1 amide bonds. The number of carbonyl (C=O) groups is 1. The number of nitrogens with two attached hydrogens (primary N) is 1. The predicted molar refractivity (Wildman–Crippen MR) is 102 cm³/mol. The van der Waals surface area contributed by atoms with E-state index < -0.39 is 5.60 Å². The SMILES string of the molecule is CCOCCCN=C(N)N1CCN(C(=O)OC(C)(C)C)CC1.I. The molecule has 23 heavy (non-hydrogen) atoms. The molecule has 8 heteroatoms. The smallest absolute Gasteiger partial charge is 0.410 e. The van der Waals surface area contributed by atoms with Crippen LogP contribution in [0.4, 0.5) is 4.79 Å². The van der Waals surface area contributed by atoms with Crippen molar-refractivity contribution in [2.24, 2.45) is 10.7 Å². The highest BCUT2D eigenvalue weighted by Gasteiger charge is 2.26. The first-order chi connectivity index (χ1) is 10.3. The normalized spacial score (nSPS) is 16.1. The number of hydrogen-bond acceptors (Lipinski definition) is 4. The molecule has 0 radical (unpaired) electrons. The highest BCUT2D eigenvalue weighted by Crippen LogP contribution is 2.11. The molecular formula is C15H31IN4O3. The second-order valence-corrected chi connectivity index (χ2v) is 6.24. The molecule has 2 N–H and O–H groups in total. The van der Waals surface area contributed by atoms with Crippen molar-refractivity contribution in [1.82, 2.24) is 9.80 Å². The summed E-state index contributed by atoms with van der Waals surface area (Å²) >= 11 is 0. The van der Waals surface area contributed by atoms with E-state index >= 15 is 0 Å². The number of halogens is 1. The number of guanidine groups is 1. The zero-order valence-corrected chi connectivity index (χ0v) is 17.0. The van der Waals surface area contributed by atoms with Crippen molar-refractivity contribution in [3.05, 3.63) is 0 Å². The van der Waals surface area contributed by atoms with E-state index in [1.165, 1.54) is 0 Å². The van der Waals surface area contributed by atoms with Crippen LogP contribution >= 0.6 is 24.0 Å². The quantitative estimate of drug-likeness (QED) is 0.305. The molecular weight excluding hydrogens is 411 g/mol. The van der Waals surface area contributed by atoms with E-state index in [1.54, 1.807) is 4.90 Å². The average Bonchev–Trinajstić information content (AvgIpc) is 2.45. The molecule has 0 atom stereocenters. The number of piperazine rings is 1. The van der Waals surface area contributed by atoms with E-state index in [2.05, 4.69) is 4.99 Å². The number of nitrogens with zero attached hydrogens (tertiary/aromatic N) is 3. The number of rotatable bonds is 5. The Morgan fingerprint density at radius 1 is 1.17 bits per heavy atom. The number of hydrogen-bond donors (Lipinski definition) is 1. The number of aliphatic imine (C=N–C) groups is 1. The second kappa shape index (κ2) is 10.9. The largest absolute Gasteiger partial charge is 0.444 e. The molecule has 0 aromatic heterocycles. The standard InChI is InChI=1S/C15H30N4O3.HI/c1-5-21-12-6-7-17-13(16)18-8-10-19(11-9-18)14(20)22-15(2,3)4;/h5-12H2,1-4H3,(H2,16,17);1H. The van der Waals surface area contributed by atoms with Crippen LogP contribution in [0.2, 0.25) is 0 Å². The molecule has 1 aliphatic heterocycles. The van der Waals surface area contributed by atoms with Gasteiger partial charge in [0.05, 0.1) is 0 Å². The van der Waals surface area contributed by atoms with Gasteiger partial charge in [0.25, 0.3) is 0 Å². The first-order valence-electron chi connectivity index (χ1n) is 7.94. The van der Waals surface area contributed by atoms with Crippen LogP contribution in [0.25, 0.3) is 0 Å². The van der Waals surface area contributed by atoms with Crippen LogP contribution in [0.15, 0.2) is 4.99 Å². The van der Waals surface area contributed by atoms with Crippen molar-refractivity contribution in [3.63, 3.8) is 0 Å². The first kappa shape index (κ1) is 22.2. The van der Waals surface area contributed by atoms with Gasteiger partial charge in [-0.25, -0.2) is 4.79 Å². The molecule has 1 saturated heterocycles. The monoisotopic (exact) mass is 442 g/mol. The van der Waals surface area contributed by atoms with Crippen molar-refractivity contribution >= 4 is 36.0 Å². The highest BCUT2D eigenvalue weighted by molar-refractivity contribution is 14.0. The highest BCUT2D eigenvalue weighted by atomic mass is 127. The number of ether oxygens (including phenoxy) is 2. The van der Waals surface area contributed by atoms with Crippen molar-refractivity contribution < 1.29 is 14.3 Å². The molecule has 0 aromatic carbocycles. The van der Waals surface area contributed by atoms with E-state index in [1.807, 2.05) is 32.6 Å². The Bertz CT molecular complexity index is 377. The van der Waals surface area contributed by atoms with E-state index in [-0.39, 0.29) is 30.1 Å². The van der Waals surface area contributed by atoms with Crippen LogP contribution in [0, 0.1) is 0 Å². The van der Waals surface area contributed by atoms with Crippen LogP contribution < -0.4 is 5.73 Å². The molecule has 136 valence electrons. The average molecular weight is 442 g/mol. The summed E-state index contributed by atoms with van der Waals surface area (Å²) < 4.78 is 10.6. The second-order valence-electron chi connectivity index (χ2n) is 6.24. The third kappa shape index (κ3) is 9.19. The Kier molecular flexibility index (Phi) is 10.5. The van der Waals surface area contributed by atoms with Gasteiger partial charge in [-0.1, -0.05) is 0 Å². The van der Waals surface area contributed by atoms with E-state index in [9.17, 15) is 4.79 Å². The van der Waals surface area contributed by atoms with Gasteiger partial charge in [0, 0.05) is 45.9 Å². The van der Waals surface area contributed by atoms with Crippen molar-refractivity contribution in [2.75, 3.05) is 45.9 Å². The van der Waals surface area contributed by atoms with E-state index in [0.717, 1.165) is 13.0 Å². The lowest BCUT2D eigenvalue weighted by Gasteiger charge is -2.36. The summed E-state index contributed by atoms with van der Waals surface area (Å²) in [5, 5.41) is 0. The van der Waals surface area contributed by atoms with Crippen molar-refractivity contribution in [1.29, 1.82) is 0 Å². The van der Waals surface area contributed by atoms with Gasteiger partial charge in [0.1, 0.15) is 5.60 Å². The Labute approximate surface area is 156 Å². The molecule has 0 bridgehead atoms. The molecule has 1 heterocycles. The zero-order valence-electron chi connectivity index (χ0n) is 14.7. The summed E-state index contributed by atoms with van der Waals surface area (Å²) in [4.78, 5) is 20.0. The minimum Gasteiger partial charge on any atom is -0.444 e. The van der Waals surface area contributed by atoms with E-state index in [0.29, 0.717) is 45.3 Å². The Morgan fingerprint density at radius 2 is 1.74 bits per heavy atom. The molecule has 0 aromatic rings. The van der Waals surface area contributed by atoms with Gasteiger partial charge in [-0.2, -0.15) is 0 Å². The fourth-order valence-corrected chi connectivity index (χ4v) is 2.05. The minimum absolute atomic E-state index is 0. The molecule has 0 spiro atoms. The zero-order chi connectivity index (χ0) is 16.6. The third-order valence-electron chi connectivity index (χ3n) is 3.18. The number of amides is 1. The maximum atomic E-state index is 12.0. The Hall–Kier alpha value is -0.770. The molecule has 1 fully saturated rings. The van der Waals surface area contributed by atoms with Crippen LogP contribution in [-0.4, -0.2) is 73.4 Å². The number of carbonyl (C=O) groups excluding carboxylic acids is 1. The molecule has 7 nitrogen and oxygen atoms in total. The fraction of sp³-hybridized carbons (Fsp3) is 0.867. The van der Waals surface area contributed by atoms with Crippen LogP contribution in [0.3, 0.4) is 0 Å². The van der Waals surface area contributed by atoms with Gasteiger partial charge in [-0.15, -0.1) is 24.0 Å². The fourth-order valence-electron chi connectivity index (χ4n) is 2.05.